The highest BCUT2D eigenvalue weighted by Gasteiger charge is 2.33. The summed E-state index contributed by atoms with van der Waals surface area (Å²) in [5.41, 5.74) is 8.26. The highest BCUT2D eigenvalue weighted by Crippen LogP contribution is 2.29. The normalized spacial score (nSPS) is 14.0. The molecular formula is C29H37N5O4. The average molecular weight is 520 g/mol. The van der Waals surface area contributed by atoms with Crippen LogP contribution in [-0.4, -0.2) is 69.3 Å². The number of carbonyl (C=O) groups excluding carboxylic acids is 2. The number of ether oxygens (including phenoxy) is 1. The first-order valence-electron chi connectivity index (χ1n) is 13.1. The van der Waals surface area contributed by atoms with Gasteiger partial charge < -0.3 is 20.3 Å². The number of carbonyl (C=O) groups is 2. The van der Waals surface area contributed by atoms with Crippen LogP contribution in [0.5, 0.6) is 0 Å². The van der Waals surface area contributed by atoms with Crippen LogP contribution in [0.1, 0.15) is 43.2 Å². The predicted octanol–water partition coefficient (Wildman–Crippen LogP) is 3.66. The molecule has 2 heterocycles. The lowest BCUT2D eigenvalue weighted by atomic mass is 10.1. The van der Waals surface area contributed by atoms with Gasteiger partial charge in [-0.1, -0.05) is 48.5 Å². The van der Waals surface area contributed by atoms with Gasteiger partial charge in [-0.25, -0.2) is 9.59 Å². The molecular weight excluding hydrogens is 482 g/mol. The zero-order valence-electron chi connectivity index (χ0n) is 22.6. The molecule has 38 heavy (non-hydrogen) atoms. The third kappa shape index (κ3) is 5.67. The number of amides is 2. The van der Waals surface area contributed by atoms with Crippen LogP contribution in [0.3, 0.4) is 0 Å². The van der Waals surface area contributed by atoms with Gasteiger partial charge in [0.2, 0.25) is 0 Å². The van der Waals surface area contributed by atoms with Crippen molar-refractivity contribution in [2.24, 2.45) is 5.73 Å². The van der Waals surface area contributed by atoms with E-state index < -0.39 is 5.60 Å². The van der Waals surface area contributed by atoms with E-state index in [1.807, 2.05) is 82.3 Å². The first-order valence-corrected chi connectivity index (χ1v) is 13.1. The molecule has 2 amide bonds. The fourth-order valence-corrected chi connectivity index (χ4v) is 4.69. The molecule has 1 saturated heterocycles. The average Bonchev–Trinajstić information content (AvgIpc) is 3.18. The molecule has 1 aliphatic heterocycles. The molecule has 4 rings (SSSR count). The molecule has 1 fully saturated rings. The van der Waals surface area contributed by atoms with Gasteiger partial charge in [0.15, 0.2) is 0 Å². The van der Waals surface area contributed by atoms with Gasteiger partial charge in [0, 0.05) is 38.3 Å². The first kappa shape index (κ1) is 27.2. The smallest absolute Gasteiger partial charge is 0.410 e. The number of hydrogen-bond donors (Lipinski definition) is 1. The summed E-state index contributed by atoms with van der Waals surface area (Å²) >= 11 is 0. The maximum Gasteiger partial charge on any atom is 0.410 e. The van der Waals surface area contributed by atoms with Crippen LogP contribution < -0.4 is 11.4 Å². The first-order chi connectivity index (χ1) is 18.1. The molecule has 0 radical (unpaired) electrons. The summed E-state index contributed by atoms with van der Waals surface area (Å²) < 4.78 is 8.70. The van der Waals surface area contributed by atoms with Crippen molar-refractivity contribution >= 4 is 12.0 Å². The summed E-state index contributed by atoms with van der Waals surface area (Å²) in [4.78, 5) is 44.0. The number of nitrogens with two attached hydrogens (primary N) is 1. The van der Waals surface area contributed by atoms with Crippen molar-refractivity contribution in [1.82, 2.24) is 18.9 Å². The number of aryl methyl sites for hydroxylation is 1. The van der Waals surface area contributed by atoms with Crippen molar-refractivity contribution in [1.29, 1.82) is 0 Å². The Morgan fingerprint density at radius 3 is 2.13 bits per heavy atom. The maximum atomic E-state index is 14.2. The molecule has 202 valence electrons. The molecule has 1 aliphatic rings. The van der Waals surface area contributed by atoms with E-state index >= 15 is 0 Å². The van der Waals surface area contributed by atoms with E-state index in [9.17, 15) is 14.4 Å². The number of aromatic nitrogens is 2. The van der Waals surface area contributed by atoms with Crippen molar-refractivity contribution in [3.05, 3.63) is 76.3 Å². The Bertz CT molecular complexity index is 1350. The van der Waals surface area contributed by atoms with Crippen molar-refractivity contribution < 1.29 is 14.3 Å². The summed E-state index contributed by atoms with van der Waals surface area (Å²) in [6, 6.07) is 17.2. The maximum absolute atomic E-state index is 14.2. The Hall–Kier alpha value is -3.85. The van der Waals surface area contributed by atoms with Crippen LogP contribution >= 0.6 is 0 Å². The minimum atomic E-state index is -0.591. The number of nitrogens with zero attached hydrogens (tertiary/aromatic N) is 4. The van der Waals surface area contributed by atoms with E-state index in [1.54, 1.807) is 18.9 Å². The molecule has 0 unspecified atom stereocenters. The highest BCUT2D eigenvalue weighted by atomic mass is 16.6. The monoisotopic (exact) mass is 519 g/mol. The minimum Gasteiger partial charge on any atom is -0.444 e. The fraction of sp³-hybridized carbons (Fsp3) is 0.414. The second-order valence-electron chi connectivity index (χ2n) is 10.5. The third-order valence-corrected chi connectivity index (χ3v) is 6.55. The van der Waals surface area contributed by atoms with E-state index in [-0.39, 0.29) is 17.7 Å². The van der Waals surface area contributed by atoms with Crippen LogP contribution in [0, 0.1) is 6.92 Å². The summed E-state index contributed by atoms with van der Waals surface area (Å²) in [7, 11) is 0. The summed E-state index contributed by atoms with van der Waals surface area (Å²) in [6.45, 7) is 9.54. The number of piperazine rings is 1. The summed E-state index contributed by atoms with van der Waals surface area (Å²) in [6.07, 6.45) is 0.165. The highest BCUT2D eigenvalue weighted by molar-refractivity contribution is 5.99. The van der Waals surface area contributed by atoms with Gasteiger partial charge in [0.25, 0.3) is 5.91 Å². The Morgan fingerprint density at radius 1 is 0.921 bits per heavy atom. The standard InChI is InChI=1S/C29H37N5O4/c1-21-11-8-9-14-23(21)34-24(22-12-6-5-7-13-22)25(33(27(34)36)16-10-15-30)26(35)31-17-19-32(20-18-31)28(37)38-29(2,3)4/h5-9,11-14H,10,15-20,30H2,1-4H3. The number of para-hydroxylation sites is 1. The van der Waals surface area contributed by atoms with E-state index in [2.05, 4.69) is 0 Å². The molecule has 0 aliphatic carbocycles. The van der Waals surface area contributed by atoms with Crippen molar-refractivity contribution in [3.63, 3.8) is 0 Å². The molecule has 2 N–H and O–H groups in total. The molecule has 1 aromatic heterocycles. The topological polar surface area (TPSA) is 103 Å². The Labute approximate surface area is 223 Å². The van der Waals surface area contributed by atoms with Gasteiger partial charge in [-0.2, -0.15) is 0 Å². The second-order valence-corrected chi connectivity index (χ2v) is 10.5. The predicted molar refractivity (Wildman–Crippen MR) is 148 cm³/mol. The van der Waals surface area contributed by atoms with Crippen LogP contribution in [0.25, 0.3) is 16.9 Å². The molecule has 3 aromatic rings. The lowest BCUT2D eigenvalue weighted by Crippen LogP contribution is -2.52. The summed E-state index contributed by atoms with van der Waals surface area (Å²) in [5, 5.41) is 0. The molecule has 2 aromatic carbocycles. The fourth-order valence-electron chi connectivity index (χ4n) is 4.69. The second kappa shape index (κ2) is 11.3. The van der Waals surface area contributed by atoms with Gasteiger partial charge in [-0.3, -0.25) is 13.9 Å². The summed E-state index contributed by atoms with van der Waals surface area (Å²) in [5.74, 6) is -0.242. The zero-order chi connectivity index (χ0) is 27.4. The lowest BCUT2D eigenvalue weighted by Gasteiger charge is -2.35. The Morgan fingerprint density at radius 2 is 1.53 bits per heavy atom. The quantitative estimate of drug-likeness (QED) is 0.536. The number of imidazole rings is 1. The molecule has 0 atom stereocenters. The van der Waals surface area contributed by atoms with E-state index in [0.29, 0.717) is 57.1 Å². The van der Waals surface area contributed by atoms with Crippen molar-refractivity contribution in [2.75, 3.05) is 32.7 Å². The van der Waals surface area contributed by atoms with Crippen LogP contribution in [0.4, 0.5) is 4.79 Å². The number of benzene rings is 2. The molecule has 9 nitrogen and oxygen atoms in total. The Balaban J connectivity index is 1.78. The molecule has 9 heteroatoms. The van der Waals surface area contributed by atoms with Gasteiger partial charge in [-0.05, 0) is 52.3 Å². The number of hydrogen-bond acceptors (Lipinski definition) is 5. The van der Waals surface area contributed by atoms with Crippen LogP contribution in [0.15, 0.2) is 59.4 Å². The van der Waals surface area contributed by atoms with E-state index in [4.69, 9.17) is 10.5 Å². The van der Waals surface area contributed by atoms with Gasteiger partial charge in [0.05, 0.1) is 11.4 Å². The van der Waals surface area contributed by atoms with Gasteiger partial charge in [-0.15, -0.1) is 0 Å². The lowest BCUT2D eigenvalue weighted by molar-refractivity contribution is 0.0139. The van der Waals surface area contributed by atoms with E-state index in [0.717, 1.165) is 16.8 Å². The van der Waals surface area contributed by atoms with Gasteiger partial charge in [0.1, 0.15) is 11.3 Å². The SMILES string of the molecule is Cc1ccccc1-n1c(-c2ccccc2)c(C(=O)N2CCN(C(=O)OC(C)(C)C)CC2)n(CCCN)c1=O. The largest absolute Gasteiger partial charge is 0.444 e. The molecule has 0 bridgehead atoms. The zero-order valence-corrected chi connectivity index (χ0v) is 22.6. The molecule has 0 spiro atoms. The van der Waals surface area contributed by atoms with Crippen molar-refractivity contribution in [2.45, 2.75) is 46.3 Å². The van der Waals surface area contributed by atoms with Crippen LogP contribution in [-0.2, 0) is 11.3 Å². The van der Waals surface area contributed by atoms with Crippen molar-refractivity contribution in [3.8, 4) is 16.9 Å². The van der Waals surface area contributed by atoms with Gasteiger partial charge >= 0.3 is 11.8 Å². The third-order valence-electron chi connectivity index (χ3n) is 6.55. The van der Waals surface area contributed by atoms with E-state index in [1.165, 1.54) is 0 Å². The Kier molecular flexibility index (Phi) is 8.06. The molecule has 0 saturated carbocycles. The number of rotatable bonds is 6. The minimum absolute atomic E-state index is 0.242. The van der Waals surface area contributed by atoms with Crippen LogP contribution in [0.2, 0.25) is 0 Å².